The number of allylic oxidation sites excluding steroid dienone is 1. The number of ketones is 1. The molecule has 0 saturated carbocycles. The van der Waals surface area contributed by atoms with E-state index in [-0.39, 0.29) is 11.5 Å². The molecule has 0 N–H and O–H groups in total. The van der Waals surface area contributed by atoms with Crippen LogP contribution in [0.25, 0.3) is 6.08 Å². The molecule has 6 nitrogen and oxygen atoms in total. The Morgan fingerprint density at radius 3 is 2.59 bits per heavy atom. The Hall–Kier alpha value is -3.58. The topological polar surface area (TPSA) is 71.1 Å². The highest BCUT2D eigenvalue weighted by molar-refractivity contribution is 7.12. The number of carbonyl (C=O) groups is 2. The van der Waals surface area contributed by atoms with E-state index in [1.54, 1.807) is 68.1 Å². The third-order valence-electron chi connectivity index (χ3n) is 4.30. The molecule has 0 unspecified atom stereocenters. The number of carbonyl (C=O) groups excluding carboxylic acids is 2. The molecule has 3 aromatic rings. The average molecular weight is 408 g/mol. The number of rotatable bonds is 5. The molecule has 0 spiro atoms. The second kappa shape index (κ2) is 7.81. The van der Waals surface area contributed by atoms with Crippen LogP contribution in [0.3, 0.4) is 0 Å². The first-order chi connectivity index (χ1) is 14.1. The number of hydrogen-bond donors (Lipinski definition) is 0. The summed E-state index contributed by atoms with van der Waals surface area (Å²) >= 11 is 1.29. The average Bonchev–Trinajstić information content (AvgIpc) is 3.37. The predicted molar refractivity (Wildman–Crippen MR) is 108 cm³/mol. The van der Waals surface area contributed by atoms with E-state index in [4.69, 9.17) is 18.9 Å². The summed E-state index contributed by atoms with van der Waals surface area (Å²) < 4.78 is 21.7. The lowest BCUT2D eigenvalue weighted by molar-refractivity contribution is 0.0739. The van der Waals surface area contributed by atoms with Crippen molar-refractivity contribution in [2.24, 2.45) is 0 Å². The molecular weight excluding hydrogens is 392 g/mol. The van der Waals surface area contributed by atoms with Gasteiger partial charge < -0.3 is 18.9 Å². The Morgan fingerprint density at radius 2 is 1.86 bits per heavy atom. The van der Waals surface area contributed by atoms with Crippen molar-refractivity contribution in [3.05, 3.63) is 75.7 Å². The Labute approximate surface area is 170 Å². The molecule has 146 valence electrons. The van der Waals surface area contributed by atoms with E-state index in [2.05, 4.69) is 0 Å². The van der Waals surface area contributed by atoms with Crippen LogP contribution in [0.2, 0.25) is 0 Å². The zero-order valence-corrected chi connectivity index (χ0v) is 16.4. The van der Waals surface area contributed by atoms with Gasteiger partial charge in [-0.05, 0) is 47.9 Å². The summed E-state index contributed by atoms with van der Waals surface area (Å²) in [7, 11) is 3.11. The first kappa shape index (κ1) is 18.8. The number of esters is 1. The molecule has 7 heteroatoms. The normalized spacial score (nSPS) is 13.7. The van der Waals surface area contributed by atoms with Crippen molar-refractivity contribution < 1.29 is 28.5 Å². The van der Waals surface area contributed by atoms with Crippen LogP contribution in [0.5, 0.6) is 23.0 Å². The van der Waals surface area contributed by atoms with Crippen molar-refractivity contribution in [1.29, 1.82) is 0 Å². The Morgan fingerprint density at radius 1 is 1.03 bits per heavy atom. The summed E-state index contributed by atoms with van der Waals surface area (Å²) in [6, 6.07) is 13.4. The quantitative estimate of drug-likeness (QED) is 0.349. The van der Waals surface area contributed by atoms with Gasteiger partial charge in [-0.1, -0.05) is 6.07 Å². The van der Waals surface area contributed by atoms with Crippen LogP contribution < -0.4 is 18.9 Å². The highest BCUT2D eigenvalue weighted by Crippen LogP contribution is 2.36. The van der Waals surface area contributed by atoms with Crippen molar-refractivity contribution in [2.45, 2.75) is 0 Å². The first-order valence-corrected chi connectivity index (χ1v) is 9.53. The monoisotopic (exact) mass is 408 g/mol. The lowest BCUT2D eigenvalue weighted by Crippen LogP contribution is -2.06. The van der Waals surface area contributed by atoms with E-state index in [1.165, 1.54) is 17.4 Å². The maximum Gasteiger partial charge on any atom is 0.353 e. The van der Waals surface area contributed by atoms with Crippen LogP contribution in [0.4, 0.5) is 0 Å². The SMILES string of the molecule is COc1ccc(OC)c(/C=C2\Oc3cc(OC(=O)c4cccs4)ccc3C2=O)c1. The van der Waals surface area contributed by atoms with E-state index in [0.29, 0.717) is 39.0 Å². The van der Waals surface area contributed by atoms with Gasteiger partial charge in [0, 0.05) is 11.6 Å². The fourth-order valence-corrected chi connectivity index (χ4v) is 3.47. The van der Waals surface area contributed by atoms with Crippen LogP contribution in [-0.2, 0) is 0 Å². The van der Waals surface area contributed by atoms with E-state index >= 15 is 0 Å². The molecule has 0 bridgehead atoms. The second-order valence-corrected chi connectivity index (χ2v) is 7.02. The molecular formula is C22H16O6S. The van der Waals surface area contributed by atoms with E-state index in [1.807, 2.05) is 0 Å². The van der Waals surface area contributed by atoms with Gasteiger partial charge in [0.2, 0.25) is 5.78 Å². The van der Waals surface area contributed by atoms with E-state index < -0.39 is 5.97 Å². The highest BCUT2D eigenvalue weighted by Gasteiger charge is 2.28. The minimum atomic E-state index is -0.457. The van der Waals surface area contributed by atoms with Crippen LogP contribution >= 0.6 is 11.3 Å². The third kappa shape index (κ3) is 3.72. The lowest BCUT2D eigenvalue weighted by Gasteiger charge is -2.08. The molecule has 0 atom stereocenters. The number of fused-ring (bicyclic) bond motifs is 1. The number of benzene rings is 2. The second-order valence-electron chi connectivity index (χ2n) is 6.07. The smallest absolute Gasteiger partial charge is 0.353 e. The summed E-state index contributed by atoms with van der Waals surface area (Å²) in [4.78, 5) is 25.3. The van der Waals surface area contributed by atoms with Gasteiger partial charge in [0.15, 0.2) is 5.76 Å². The molecule has 4 rings (SSSR count). The Bertz CT molecular complexity index is 1110. The zero-order valence-electron chi connectivity index (χ0n) is 15.6. The number of ether oxygens (including phenoxy) is 4. The maximum atomic E-state index is 12.7. The van der Waals surface area contributed by atoms with Crippen LogP contribution in [-0.4, -0.2) is 26.0 Å². The van der Waals surface area contributed by atoms with Crippen molar-refractivity contribution in [1.82, 2.24) is 0 Å². The zero-order chi connectivity index (χ0) is 20.4. The van der Waals surface area contributed by atoms with Gasteiger partial charge in [0.1, 0.15) is 27.9 Å². The molecule has 0 aliphatic carbocycles. The molecule has 1 aliphatic heterocycles. The Kier molecular flexibility index (Phi) is 5.05. The Balaban J connectivity index is 1.60. The van der Waals surface area contributed by atoms with Gasteiger partial charge in [-0.2, -0.15) is 0 Å². The summed E-state index contributed by atoms with van der Waals surface area (Å²) in [6.45, 7) is 0. The standard InChI is InChI=1S/C22H16O6S/c1-25-14-6-8-17(26-2)13(10-14)11-19-21(23)16-7-5-15(12-18(16)28-19)27-22(24)20-4-3-9-29-20/h3-12H,1-2H3/b19-11-. The van der Waals surface area contributed by atoms with Gasteiger partial charge in [-0.15, -0.1) is 11.3 Å². The summed E-state index contributed by atoms with van der Waals surface area (Å²) in [6.07, 6.45) is 1.60. The number of thiophene rings is 1. The van der Waals surface area contributed by atoms with Crippen LogP contribution in [0.1, 0.15) is 25.6 Å². The highest BCUT2D eigenvalue weighted by atomic mass is 32.1. The summed E-state index contributed by atoms with van der Waals surface area (Å²) in [5.41, 5.74) is 1.04. The van der Waals surface area contributed by atoms with Gasteiger partial charge in [-0.25, -0.2) is 4.79 Å². The molecule has 29 heavy (non-hydrogen) atoms. The summed E-state index contributed by atoms with van der Waals surface area (Å²) in [5, 5.41) is 1.80. The van der Waals surface area contributed by atoms with Gasteiger partial charge in [0.25, 0.3) is 0 Å². The molecule has 2 heterocycles. The van der Waals surface area contributed by atoms with Crippen LogP contribution in [0.15, 0.2) is 59.7 Å². The van der Waals surface area contributed by atoms with E-state index in [0.717, 1.165) is 0 Å². The fraction of sp³-hybridized carbons (Fsp3) is 0.0909. The molecule has 0 saturated heterocycles. The molecule has 0 fully saturated rings. The number of Topliss-reactive ketones (excluding diaryl/α,β-unsaturated/α-hetero) is 1. The van der Waals surface area contributed by atoms with Gasteiger partial charge in [0.05, 0.1) is 19.8 Å². The molecule has 2 aromatic carbocycles. The third-order valence-corrected chi connectivity index (χ3v) is 5.15. The molecule has 0 radical (unpaired) electrons. The summed E-state index contributed by atoms with van der Waals surface area (Å²) in [5.74, 6) is 1.27. The van der Waals surface area contributed by atoms with Crippen LogP contribution in [0, 0.1) is 0 Å². The minimum Gasteiger partial charge on any atom is -0.497 e. The number of methoxy groups -OCH3 is 2. The minimum absolute atomic E-state index is 0.147. The lowest BCUT2D eigenvalue weighted by atomic mass is 10.1. The number of hydrogen-bond acceptors (Lipinski definition) is 7. The van der Waals surface area contributed by atoms with Crippen molar-refractivity contribution in [3.63, 3.8) is 0 Å². The molecule has 1 aliphatic rings. The van der Waals surface area contributed by atoms with Crippen molar-refractivity contribution in [2.75, 3.05) is 14.2 Å². The van der Waals surface area contributed by atoms with Crippen molar-refractivity contribution in [3.8, 4) is 23.0 Å². The predicted octanol–water partition coefficient (Wildman–Crippen LogP) is 4.60. The van der Waals surface area contributed by atoms with Crippen molar-refractivity contribution >= 4 is 29.2 Å². The van der Waals surface area contributed by atoms with E-state index in [9.17, 15) is 9.59 Å². The maximum absolute atomic E-state index is 12.7. The molecule has 0 amide bonds. The molecule has 1 aromatic heterocycles. The fourth-order valence-electron chi connectivity index (χ4n) is 2.88. The first-order valence-electron chi connectivity index (χ1n) is 8.65. The van der Waals surface area contributed by atoms with Gasteiger partial charge >= 0.3 is 5.97 Å². The largest absolute Gasteiger partial charge is 0.497 e. The van der Waals surface area contributed by atoms with Gasteiger partial charge in [-0.3, -0.25) is 4.79 Å².